The van der Waals surface area contributed by atoms with Gasteiger partial charge >= 0.3 is 0 Å². The molecule has 2 heterocycles. The van der Waals surface area contributed by atoms with Crippen LogP contribution in [0.1, 0.15) is 46.5 Å². The minimum absolute atomic E-state index is 0.107. The molecular formula is C15H31N3O2S. The maximum absolute atomic E-state index is 12.6. The Morgan fingerprint density at radius 3 is 2.19 bits per heavy atom. The molecule has 2 aliphatic heterocycles. The summed E-state index contributed by atoms with van der Waals surface area (Å²) in [5, 5.41) is 0. The van der Waals surface area contributed by atoms with Gasteiger partial charge in [0, 0.05) is 19.1 Å². The van der Waals surface area contributed by atoms with E-state index in [1.54, 1.807) is 4.31 Å². The van der Waals surface area contributed by atoms with Gasteiger partial charge in [0.1, 0.15) is 0 Å². The van der Waals surface area contributed by atoms with Crippen LogP contribution in [0.2, 0.25) is 0 Å². The second kappa shape index (κ2) is 7.40. The molecule has 2 fully saturated rings. The molecule has 0 aromatic carbocycles. The Hall–Kier alpha value is -0.170. The summed E-state index contributed by atoms with van der Waals surface area (Å²) in [7, 11) is -3.31. The van der Waals surface area contributed by atoms with Crippen molar-refractivity contribution < 1.29 is 8.42 Å². The van der Waals surface area contributed by atoms with Crippen LogP contribution in [0.25, 0.3) is 0 Å². The minimum atomic E-state index is -3.31. The van der Waals surface area contributed by atoms with E-state index in [1.165, 1.54) is 6.42 Å². The molecule has 5 nitrogen and oxygen atoms in total. The third kappa shape index (κ3) is 4.91. The molecule has 0 aromatic heterocycles. The van der Waals surface area contributed by atoms with Gasteiger partial charge in [0.15, 0.2) is 0 Å². The predicted molar refractivity (Wildman–Crippen MR) is 86.3 cm³/mol. The van der Waals surface area contributed by atoms with Crippen LogP contribution in [0.5, 0.6) is 0 Å². The smallest absolute Gasteiger partial charge is 0.279 e. The molecule has 2 aliphatic rings. The minimum Gasteiger partial charge on any atom is -0.303 e. The second-order valence-corrected chi connectivity index (χ2v) is 8.70. The number of piperidine rings is 2. The summed E-state index contributed by atoms with van der Waals surface area (Å²) in [6, 6.07) is 0.107. The maximum atomic E-state index is 12.6. The number of rotatable bonds is 5. The Morgan fingerprint density at radius 1 is 1.10 bits per heavy atom. The van der Waals surface area contributed by atoms with Gasteiger partial charge in [-0.15, -0.1) is 0 Å². The lowest BCUT2D eigenvalue weighted by molar-refractivity contribution is 0.199. The maximum Gasteiger partial charge on any atom is 0.279 e. The van der Waals surface area contributed by atoms with E-state index in [1.807, 2.05) is 0 Å². The second-order valence-electron chi connectivity index (χ2n) is 7.00. The Labute approximate surface area is 130 Å². The highest BCUT2D eigenvalue weighted by atomic mass is 32.2. The molecule has 0 spiro atoms. The molecule has 2 unspecified atom stereocenters. The lowest BCUT2D eigenvalue weighted by Crippen LogP contribution is -2.52. The first kappa shape index (κ1) is 17.2. The van der Waals surface area contributed by atoms with Crippen LogP contribution in [-0.4, -0.2) is 56.4 Å². The van der Waals surface area contributed by atoms with Gasteiger partial charge in [0.2, 0.25) is 0 Å². The monoisotopic (exact) mass is 317 g/mol. The highest BCUT2D eigenvalue weighted by Gasteiger charge is 2.32. The first-order chi connectivity index (χ1) is 9.90. The van der Waals surface area contributed by atoms with E-state index >= 15 is 0 Å². The molecule has 0 aliphatic carbocycles. The molecule has 124 valence electrons. The van der Waals surface area contributed by atoms with Gasteiger partial charge in [-0.05, 0) is 57.2 Å². The first-order valence-electron chi connectivity index (χ1n) is 8.40. The number of likely N-dealkylation sites (tertiary alicyclic amines) is 1. The summed E-state index contributed by atoms with van der Waals surface area (Å²) in [6.07, 6.45) is 4.15. The summed E-state index contributed by atoms with van der Waals surface area (Å²) >= 11 is 0. The molecule has 0 amide bonds. The number of nitrogens with one attached hydrogen (secondary N) is 1. The van der Waals surface area contributed by atoms with Crippen LogP contribution in [-0.2, 0) is 10.2 Å². The van der Waals surface area contributed by atoms with Gasteiger partial charge in [0.25, 0.3) is 10.2 Å². The third-order valence-electron chi connectivity index (χ3n) is 4.62. The summed E-state index contributed by atoms with van der Waals surface area (Å²) in [5.74, 6) is 0.911. The quantitative estimate of drug-likeness (QED) is 0.839. The van der Waals surface area contributed by atoms with Crippen molar-refractivity contribution in [3.8, 4) is 0 Å². The molecule has 2 rings (SSSR count). The van der Waals surface area contributed by atoms with Crippen LogP contribution in [0, 0.1) is 11.8 Å². The van der Waals surface area contributed by atoms with E-state index in [0.717, 1.165) is 38.9 Å². The van der Waals surface area contributed by atoms with Crippen molar-refractivity contribution in [2.24, 2.45) is 11.8 Å². The molecule has 0 radical (unpaired) electrons. The standard InChI is InChI=1S/C15H31N3O2S/c1-4-7-17-8-5-15(6-9-17)16-21(19,20)18-11-13(2)10-14(3)12-18/h13-16H,4-12H2,1-3H3. The van der Waals surface area contributed by atoms with Gasteiger partial charge in [-0.2, -0.15) is 17.4 Å². The fraction of sp³-hybridized carbons (Fsp3) is 1.00. The molecule has 2 atom stereocenters. The van der Waals surface area contributed by atoms with Crippen molar-refractivity contribution >= 4 is 10.2 Å². The zero-order valence-electron chi connectivity index (χ0n) is 13.7. The average Bonchev–Trinajstić information content (AvgIpc) is 2.40. The topological polar surface area (TPSA) is 52.7 Å². The van der Waals surface area contributed by atoms with Crippen molar-refractivity contribution in [2.45, 2.75) is 52.5 Å². The summed E-state index contributed by atoms with van der Waals surface area (Å²) < 4.78 is 29.7. The Balaban J connectivity index is 1.87. The number of hydrogen-bond acceptors (Lipinski definition) is 3. The van der Waals surface area contributed by atoms with Crippen LogP contribution in [0.15, 0.2) is 0 Å². The molecule has 21 heavy (non-hydrogen) atoms. The zero-order valence-corrected chi connectivity index (χ0v) is 14.5. The van der Waals surface area contributed by atoms with Crippen molar-refractivity contribution in [3.63, 3.8) is 0 Å². The van der Waals surface area contributed by atoms with Crippen LogP contribution < -0.4 is 4.72 Å². The van der Waals surface area contributed by atoms with Crippen LogP contribution in [0.4, 0.5) is 0 Å². The van der Waals surface area contributed by atoms with Gasteiger partial charge in [0.05, 0.1) is 0 Å². The Bertz CT molecular complexity index is 409. The normalized spacial score (nSPS) is 30.6. The van der Waals surface area contributed by atoms with Crippen molar-refractivity contribution in [1.29, 1.82) is 0 Å². The fourth-order valence-corrected chi connectivity index (χ4v) is 5.39. The molecule has 2 saturated heterocycles. The van der Waals surface area contributed by atoms with Crippen LogP contribution in [0.3, 0.4) is 0 Å². The first-order valence-corrected chi connectivity index (χ1v) is 9.84. The average molecular weight is 317 g/mol. The van der Waals surface area contributed by atoms with E-state index < -0.39 is 10.2 Å². The van der Waals surface area contributed by atoms with E-state index in [2.05, 4.69) is 30.4 Å². The fourth-order valence-electron chi connectivity index (χ4n) is 3.68. The highest BCUT2D eigenvalue weighted by molar-refractivity contribution is 7.87. The summed E-state index contributed by atoms with van der Waals surface area (Å²) in [4.78, 5) is 2.43. The van der Waals surface area contributed by atoms with Crippen molar-refractivity contribution in [3.05, 3.63) is 0 Å². The summed E-state index contributed by atoms with van der Waals surface area (Å²) in [5.41, 5.74) is 0. The van der Waals surface area contributed by atoms with Crippen molar-refractivity contribution in [2.75, 3.05) is 32.7 Å². The molecule has 0 bridgehead atoms. The van der Waals surface area contributed by atoms with E-state index in [0.29, 0.717) is 24.9 Å². The lowest BCUT2D eigenvalue weighted by Gasteiger charge is -2.37. The highest BCUT2D eigenvalue weighted by Crippen LogP contribution is 2.23. The van der Waals surface area contributed by atoms with Gasteiger partial charge in [-0.3, -0.25) is 0 Å². The van der Waals surface area contributed by atoms with Gasteiger partial charge < -0.3 is 4.90 Å². The predicted octanol–water partition coefficient (Wildman–Crippen LogP) is 1.67. The molecule has 6 heteroatoms. The lowest BCUT2D eigenvalue weighted by atomic mass is 9.94. The Kier molecular flexibility index (Phi) is 6.05. The molecule has 0 saturated carbocycles. The van der Waals surface area contributed by atoms with E-state index in [4.69, 9.17) is 0 Å². The Morgan fingerprint density at radius 2 is 1.67 bits per heavy atom. The van der Waals surface area contributed by atoms with E-state index in [-0.39, 0.29) is 6.04 Å². The number of nitrogens with zero attached hydrogens (tertiary/aromatic N) is 2. The van der Waals surface area contributed by atoms with Crippen LogP contribution >= 0.6 is 0 Å². The number of hydrogen-bond donors (Lipinski definition) is 1. The SMILES string of the molecule is CCCN1CCC(NS(=O)(=O)N2CC(C)CC(C)C2)CC1. The molecule has 0 aromatic rings. The molecule has 1 N–H and O–H groups in total. The van der Waals surface area contributed by atoms with Gasteiger partial charge in [-0.1, -0.05) is 20.8 Å². The molecular weight excluding hydrogens is 286 g/mol. The zero-order chi connectivity index (χ0) is 15.5. The third-order valence-corrected chi connectivity index (χ3v) is 6.23. The largest absolute Gasteiger partial charge is 0.303 e. The van der Waals surface area contributed by atoms with E-state index in [9.17, 15) is 8.42 Å². The van der Waals surface area contributed by atoms with Crippen molar-refractivity contribution in [1.82, 2.24) is 13.9 Å². The summed E-state index contributed by atoms with van der Waals surface area (Å²) in [6.45, 7) is 10.9. The van der Waals surface area contributed by atoms with Gasteiger partial charge in [-0.25, -0.2) is 0 Å².